The van der Waals surface area contributed by atoms with Crippen molar-refractivity contribution in [1.82, 2.24) is 10.6 Å². The number of nitrogens with zero attached hydrogens (tertiary/aromatic N) is 2. The van der Waals surface area contributed by atoms with Gasteiger partial charge in [0, 0.05) is 58.7 Å². The fraction of sp³-hybridized carbons (Fsp3) is 0.682. The Balaban J connectivity index is 0.00000320. The van der Waals surface area contributed by atoms with E-state index in [1.807, 2.05) is 0 Å². The third kappa shape index (κ3) is 6.67. The van der Waals surface area contributed by atoms with Gasteiger partial charge in [-0.3, -0.25) is 4.99 Å². The molecular formula is C22H35F2IN4O. The smallest absolute Gasteiger partial charge is 0.191 e. The second-order valence-corrected chi connectivity index (χ2v) is 8.46. The number of methoxy groups -OCH3 is 1. The van der Waals surface area contributed by atoms with Crippen LogP contribution in [0, 0.1) is 23.0 Å². The fourth-order valence-corrected chi connectivity index (χ4v) is 4.61. The summed E-state index contributed by atoms with van der Waals surface area (Å²) in [6, 6.07) is 4.13. The van der Waals surface area contributed by atoms with E-state index in [1.54, 1.807) is 20.2 Å². The van der Waals surface area contributed by atoms with Crippen molar-refractivity contribution in [2.24, 2.45) is 16.3 Å². The molecule has 2 fully saturated rings. The number of rotatable bonds is 8. The molecule has 1 aliphatic carbocycles. The van der Waals surface area contributed by atoms with Crippen LogP contribution in [0.2, 0.25) is 0 Å². The molecule has 170 valence electrons. The lowest BCUT2D eigenvalue weighted by Gasteiger charge is -2.30. The van der Waals surface area contributed by atoms with Crippen molar-refractivity contribution in [2.45, 2.75) is 38.5 Å². The van der Waals surface area contributed by atoms with Crippen molar-refractivity contribution >= 4 is 35.6 Å². The van der Waals surface area contributed by atoms with Gasteiger partial charge in [-0.1, -0.05) is 12.8 Å². The number of hydrogen-bond acceptors (Lipinski definition) is 3. The summed E-state index contributed by atoms with van der Waals surface area (Å²) < 4.78 is 32.0. The molecule has 3 rings (SSSR count). The zero-order valence-corrected chi connectivity index (χ0v) is 20.4. The summed E-state index contributed by atoms with van der Waals surface area (Å²) in [5.41, 5.74) is 1.06. The van der Waals surface area contributed by atoms with Crippen LogP contribution >= 0.6 is 24.0 Å². The molecule has 2 N–H and O–H groups in total. The Morgan fingerprint density at radius 3 is 2.67 bits per heavy atom. The lowest BCUT2D eigenvalue weighted by Crippen LogP contribution is -2.45. The molecule has 0 aromatic heterocycles. The third-order valence-corrected chi connectivity index (χ3v) is 6.47. The van der Waals surface area contributed by atoms with Crippen LogP contribution in [0.5, 0.6) is 0 Å². The Morgan fingerprint density at radius 1 is 1.23 bits per heavy atom. The highest BCUT2D eigenvalue weighted by Crippen LogP contribution is 2.40. The molecule has 30 heavy (non-hydrogen) atoms. The van der Waals surface area contributed by atoms with E-state index in [9.17, 15) is 8.78 Å². The zero-order valence-electron chi connectivity index (χ0n) is 18.1. The average Bonchev–Trinajstić information content (AvgIpc) is 3.39. The molecule has 1 aromatic carbocycles. The molecule has 1 aliphatic heterocycles. The van der Waals surface area contributed by atoms with Gasteiger partial charge in [-0.2, -0.15) is 0 Å². The normalized spacial score (nSPS) is 20.9. The molecule has 1 saturated carbocycles. The maximum Gasteiger partial charge on any atom is 0.191 e. The number of ether oxygens (including phenoxy) is 1. The van der Waals surface area contributed by atoms with E-state index in [2.05, 4.69) is 20.5 Å². The molecule has 1 aromatic rings. The maximum absolute atomic E-state index is 13.5. The van der Waals surface area contributed by atoms with E-state index in [-0.39, 0.29) is 24.0 Å². The monoisotopic (exact) mass is 536 g/mol. The van der Waals surface area contributed by atoms with Gasteiger partial charge >= 0.3 is 0 Å². The van der Waals surface area contributed by atoms with E-state index < -0.39 is 11.6 Å². The molecule has 8 heteroatoms. The Morgan fingerprint density at radius 2 is 2.00 bits per heavy atom. The lowest BCUT2D eigenvalue weighted by molar-refractivity contribution is 0.138. The van der Waals surface area contributed by atoms with E-state index in [4.69, 9.17) is 4.74 Å². The van der Waals surface area contributed by atoms with Crippen LogP contribution in [0.15, 0.2) is 23.2 Å². The van der Waals surface area contributed by atoms with Gasteiger partial charge in [0.1, 0.15) is 0 Å². The molecule has 1 atom stereocenters. The first-order chi connectivity index (χ1) is 14.0. The highest BCUT2D eigenvalue weighted by Gasteiger charge is 2.33. The fourth-order valence-electron chi connectivity index (χ4n) is 4.61. The number of hydrogen-bond donors (Lipinski definition) is 2. The van der Waals surface area contributed by atoms with E-state index >= 15 is 0 Å². The van der Waals surface area contributed by atoms with Crippen molar-refractivity contribution < 1.29 is 13.5 Å². The first-order valence-electron chi connectivity index (χ1n) is 10.7. The van der Waals surface area contributed by atoms with Gasteiger partial charge in [0.2, 0.25) is 0 Å². The molecule has 0 bridgehead atoms. The van der Waals surface area contributed by atoms with Gasteiger partial charge in [-0.05, 0) is 49.1 Å². The molecule has 1 saturated heterocycles. The van der Waals surface area contributed by atoms with Crippen LogP contribution in [0.1, 0.15) is 38.5 Å². The standard InChI is InChI=1S/C22H34F2N4O.HI/c1-25-21(27-16-22(10-12-29-2)8-3-4-9-22)26-14-17-7-11-28(15-17)18-5-6-19(23)20(24)13-18;/h5-6,13,17H,3-4,7-12,14-16H2,1-2H3,(H2,25,26,27);1H. The van der Waals surface area contributed by atoms with Crippen LogP contribution in [0.25, 0.3) is 0 Å². The molecule has 0 radical (unpaired) electrons. The summed E-state index contributed by atoms with van der Waals surface area (Å²) in [7, 11) is 3.57. The third-order valence-electron chi connectivity index (χ3n) is 6.47. The largest absolute Gasteiger partial charge is 0.385 e. The van der Waals surface area contributed by atoms with Gasteiger partial charge in [-0.15, -0.1) is 24.0 Å². The predicted octanol–water partition coefficient (Wildman–Crippen LogP) is 4.17. The van der Waals surface area contributed by atoms with Crippen LogP contribution in [0.3, 0.4) is 0 Å². The van der Waals surface area contributed by atoms with Gasteiger partial charge in [0.15, 0.2) is 17.6 Å². The van der Waals surface area contributed by atoms with Crippen molar-refractivity contribution in [3.8, 4) is 0 Å². The number of guanidine groups is 1. The maximum atomic E-state index is 13.5. The summed E-state index contributed by atoms with van der Waals surface area (Å²) >= 11 is 0. The SMILES string of the molecule is CN=C(NCC1CCN(c2ccc(F)c(F)c2)C1)NCC1(CCOC)CCCC1.I. The number of anilines is 1. The second kappa shape index (κ2) is 12.0. The summed E-state index contributed by atoms with van der Waals surface area (Å²) in [4.78, 5) is 6.49. The minimum Gasteiger partial charge on any atom is -0.385 e. The second-order valence-electron chi connectivity index (χ2n) is 8.46. The molecule has 0 amide bonds. The highest BCUT2D eigenvalue weighted by molar-refractivity contribution is 14.0. The van der Waals surface area contributed by atoms with Crippen molar-refractivity contribution in [3.63, 3.8) is 0 Å². The Kier molecular flexibility index (Phi) is 10.1. The van der Waals surface area contributed by atoms with Crippen LogP contribution in [0.4, 0.5) is 14.5 Å². The summed E-state index contributed by atoms with van der Waals surface area (Å²) in [6.45, 7) is 4.21. The van der Waals surface area contributed by atoms with Crippen molar-refractivity contribution in [1.29, 1.82) is 0 Å². The van der Waals surface area contributed by atoms with Crippen molar-refractivity contribution in [2.75, 3.05) is 51.8 Å². The quantitative estimate of drug-likeness (QED) is 0.298. The first kappa shape index (κ1) is 25.1. The molecule has 1 heterocycles. The van der Waals surface area contributed by atoms with Crippen LogP contribution in [-0.4, -0.2) is 52.9 Å². The van der Waals surface area contributed by atoms with Gasteiger partial charge in [-0.25, -0.2) is 8.78 Å². The highest BCUT2D eigenvalue weighted by atomic mass is 127. The topological polar surface area (TPSA) is 48.9 Å². The Bertz CT molecular complexity index is 698. The summed E-state index contributed by atoms with van der Waals surface area (Å²) in [5, 5.41) is 6.97. The lowest BCUT2D eigenvalue weighted by atomic mass is 9.83. The van der Waals surface area contributed by atoms with Crippen LogP contribution < -0.4 is 15.5 Å². The van der Waals surface area contributed by atoms with E-state index in [0.717, 1.165) is 57.3 Å². The molecular weight excluding hydrogens is 501 g/mol. The molecule has 1 unspecified atom stereocenters. The van der Waals surface area contributed by atoms with E-state index in [0.29, 0.717) is 11.3 Å². The van der Waals surface area contributed by atoms with Crippen LogP contribution in [-0.2, 0) is 4.74 Å². The predicted molar refractivity (Wildman–Crippen MR) is 129 cm³/mol. The van der Waals surface area contributed by atoms with Crippen molar-refractivity contribution in [3.05, 3.63) is 29.8 Å². The average molecular weight is 536 g/mol. The minimum absolute atomic E-state index is 0. The Labute approximate surface area is 196 Å². The van der Waals surface area contributed by atoms with Gasteiger partial charge < -0.3 is 20.3 Å². The molecule has 2 aliphatic rings. The number of halogens is 3. The molecule has 5 nitrogen and oxygen atoms in total. The summed E-state index contributed by atoms with van der Waals surface area (Å²) in [5.74, 6) is -0.315. The van der Waals surface area contributed by atoms with Gasteiger partial charge in [0.25, 0.3) is 0 Å². The number of benzene rings is 1. The number of nitrogens with one attached hydrogen (secondary N) is 2. The zero-order chi connectivity index (χ0) is 20.7. The summed E-state index contributed by atoms with van der Waals surface area (Å²) in [6.07, 6.45) is 7.16. The van der Waals surface area contributed by atoms with Gasteiger partial charge in [0.05, 0.1) is 0 Å². The minimum atomic E-state index is -0.799. The Hall–Kier alpha value is -1.16. The number of aliphatic imine (C=N–C) groups is 1. The first-order valence-corrected chi connectivity index (χ1v) is 10.7. The van der Waals surface area contributed by atoms with E-state index in [1.165, 1.54) is 37.8 Å². The molecule has 0 spiro atoms.